The van der Waals surface area contributed by atoms with Gasteiger partial charge in [-0.05, 0) is 31.4 Å². The maximum Gasteiger partial charge on any atom is 0.350 e. The molecule has 0 radical (unpaired) electrons. The van der Waals surface area contributed by atoms with Gasteiger partial charge in [-0.3, -0.25) is 0 Å². The van der Waals surface area contributed by atoms with Crippen LogP contribution in [0.5, 0.6) is 0 Å². The minimum atomic E-state index is -0.246. The summed E-state index contributed by atoms with van der Waals surface area (Å²) < 4.78 is 8.36. The Kier molecular flexibility index (Phi) is 5.48. The standard InChI is InChI=1S/C19H23N5O2/c1-14-12-16(26-2)10-7-11-21-17(20)18-22-23(19(25)24(14)18)13-15-8-5-3-4-6-9-15/h3-8,11-12,16H,9-10,13H2,1-2H3,(H2,20,21)/b11-7+,14-12+. The van der Waals surface area contributed by atoms with E-state index in [0.717, 1.165) is 12.0 Å². The zero-order valence-electron chi connectivity index (χ0n) is 15.0. The van der Waals surface area contributed by atoms with E-state index in [9.17, 15) is 4.79 Å². The Morgan fingerprint density at radius 3 is 2.96 bits per heavy atom. The highest BCUT2D eigenvalue weighted by Crippen LogP contribution is 2.13. The summed E-state index contributed by atoms with van der Waals surface area (Å²) in [5, 5.41) is 4.44. The molecule has 0 saturated heterocycles. The van der Waals surface area contributed by atoms with E-state index in [0.29, 0.717) is 24.5 Å². The molecule has 1 aliphatic carbocycles. The first kappa shape index (κ1) is 17.9. The van der Waals surface area contributed by atoms with Gasteiger partial charge in [0.05, 0.1) is 12.6 Å². The average Bonchev–Trinajstić information content (AvgIpc) is 2.79. The van der Waals surface area contributed by atoms with Crippen molar-refractivity contribution in [3.8, 4) is 0 Å². The van der Waals surface area contributed by atoms with Crippen molar-refractivity contribution in [3.63, 3.8) is 0 Å². The molecule has 0 fully saturated rings. The number of methoxy groups -OCH3 is 1. The lowest BCUT2D eigenvalue weighted by atomic mass is 10.2. The predicted octanol–water partition coefficient (Wildman–Crippen LogP) is 1.99. The van der Waals surface area contributed by atoms with E-state index in [1.165, 1.54) is 9.25 Å². The smallest absolute Gasteiger partial charge is 0.350 e. The van der Waals surface area contributed by atoms with Crippen molar-refractivity contribution in [2.75, 3.05) is 7.11 Å². The minimum Gasteiger partial charge on any atom is -0.381 e. The molecule has 0 aromatic carbocycles. The predicted molar refractivity (Wildman–Crippen MR) is 103 cm³/mol. The highest BCUT2D eigenvalue weighted by Gasteiger charge is 2.19. The summed E-state index contributed by atoms with van der Waals surface area (Å²) in [6.45, 7) is 2.25. The Balaban J connectivity index is 2.07. The van der Waals surface area contributed by atoms with Gasteiger partial charge in [-0.2, -0.15) is 0 Å². The molecule has 0 amide bonds. The molecule has 136 valence electrons. The van der Waals surface area contributed by atoms with E-state index in [4.69, 9.17) is 10.5 Å². The van der Waals surface area contributed by atoms with Crippen LogP contribution in [0.4, 0.5) is 0 Å². The molecule has 0 bridgehead atoms. The molecule has 1 aliphatic heterocycles. The number of aromatic nitrogens is 3. The summed E-state index contributed by atoms with van der Waals surface area (Å²) >= 11 is 0. The molecule has 1 aromatic rings. The van der Waals surface area contributed by atoms with Crippen LogP contribution >= 0.6 is 0 Å². The van der Waals surface area contributed by atoms with Crippen LogP contribution in [0.1, 0.15) is 25.6 Å². The van der Waals surface area contributed by atoms with E-state index >= 15 is 0 Å². The number of amidine groups is 1. The third kappa shape index (κ3) is 3.83. The second-order valence-corrected chi connectivity index (χ2v) is 6.16. The summed E-state index contributed by atoms with van der Waals surface area (Å²) in [4.78, 5) is 17.2. The number of nitrogens with zero attached hydrogens (tertiary/aromatic N) is 4. The molecule has 1 aromatic heterocycles. The molecule has 7 heteroatoms. The Hall–Kier alpha value is -2.93. The summed E-state index contributed by atoms with van der Waals surface area (Å²) in [5.41, 5.74) is 7.63. The Morgan fingerprint density at radius 1 is 1.31 bits per heavy atom. The van der Waals surface area contributed by atoms with Crippen LogP contribution in [0.15, 0.2) is 64.1 Å². The number of hydrogen-bond donors (Lipinski definition) is 1. The monoisotopic (exact) mass is 353 g/mol. The van der Waals surface area contributed by atoms with Crippen molar-refractivity contribution in [3.05, 3.63) is 70.6 Å². The van der Waals surface area contributed by atoms with Crippen LogP contribution in [-0.4, -0.2) is 33.4 Å². The third-order valence-corrected chi connectivity index (χ3v) is 4.26. The largest absolute Gasteiger partial charge is 0.381 e. The zero-order valence-corrected chi connectivity index (χ0v) is 15.0. The van der Waals surface area contributed by atoms with E-state index in [2.05, 4.69) is 16.2 Å². The van der Waals surface area contributed by atoms with E-state index in [-0.39, 0.29) is 17.6 Å². The van der Waals surface area contributed by atoms with Crippen LogP contribution in [0, 0.1) is 0 Å². The molecule has 26 heavy (non-hydrogen) atoms. The number of allylic oxidation sites excluding steroid dienone is 7. The molecule has 1 unspecified atom stereocenters. The van der Waals surface area contributed by atoms with Crippen LogP contribution in [-0.2, 0) is 11.3 Å². The van der Waals surface area contributed by atoms with Gasteiger partial charge in [-0.1, -0.05) is 36.5 Å². The first-order valence-electron chi connectivity index (χ1n) is 8.51. The van der Waals surface area contributed by atoms with Crippen molar-refractivity contribution in [1.82, 2.24) is 14.3 Å². The SMILES string of the molecule is COC1/C=C(\C)n2c(nn(CC3=CC=CC=CC3)c2=O)C(N)=N/C=C/C1. The number of rotatable bonds is 3. The van der Waals surface area contributed by atoms with Gasteiger partial charge in [0.25, 0.3) is 0 Å². The van der Waals surface area contributed by atoms with Gasteiger partial charge in [0.2, 0.25) is 5.82 Å². The summed E-state index contributed by atoms with van der Waals surface area (Å²) in [6, 6.07) is 0. The molecule has 3 rings (SSSR count). The van der Waals surface area contributed by atoms with Gasteiger partial charge in [-0.25, -0.2) is 19.0 Å². The van der Waals surface area contributed by atoms with Crippen LogP contribution in [0.2, 0.25) is 0 Å². The van der Waals surface area contributed by atoms with Crippen molar-refractivity contribution >= 4 is 11.5 Å². The van der Waals surface area contributed by atoms with Gasteiger partial charge in [0, 0.05) is 19.0 Å². The molecule has 7 nitrogen and oxygen atoms in total. The lowest BCUT2D eigenvalue weighted by Gasteiger charge is -2.12. The fourth-order valence-electron chi connectivity index (χ4n) is 2.89. The molecule has 1 atom stereocenters. The highest BCUT2D eigenvalue weighted by atomic mass is 16.5. The minimum absolute atomic E-state index is 0.149. The van der Waals surface area contributed by atoms with E-state index < -0.39 is 0 Å². The normalized spacial score (nSPS) is 23.3. The number of hydrogen-bond acceptors (Lipinski definition) is 5. The highest BCUT2D eigenvalue weighted by molar-refractivity contribution is 5.95. The summed E-state index contributed by atoms with van der Waals surface area (Å²) in [5.74, 6) is 0.542. The molecule has 0 saturated carbocycles. The van der Waals surface area contributed by atoms with Crippen LogP contribution in [0.3, 0.4) is 0 Å². The van der Waals surface area contributed by atoms with E-state index in [1.54, 1.807) is 13.3 Å². The van der Waals surface area contributed by atoms with Gasteiger partial charge in [-0.15, -0.1) is 5.10 Å². The van der Waals surface area contributed by atoms with Crippen LogP contribution < -0.4 is 11.4 Å². The average molecular weight is 353 g/mol. The van der Waals surface area contributed by atoms with Crippen LogP contribution in [0.25, 0.3) is 5.70 Å². The second kappa shape index (κ2) is 7.97. The summed E-state index contributed by atoms with van der Waals surface area (Å²) in [7, 11) is 1.64. The maximum absolute atomic E-state index is 13.0. The van der Waals surface area contributed by atoms with Gasteiger partial charge in [0.15, 0.2) is 5.84 Å². The van der Waals surface area contributed by atoms with Crippen molar-refractivity contribution < 1.29 is 4.74 Å². The Morgan fingerprint density at radius 2 is 2.15 bits per heavy atom. The van der Waals surface area contributed by atoms with Gasteiger partial charge in [0.1, 0.15) is 0 Å². The Bertz CT molecular complexity index is 909. The number of aliphatic imine (C=N–C) groups is 1. The number of nitrogens with two attached hydrogens (primary N) is 1. The molecule has 2 heterocycles. The summed E-state index contributed by atoms with van der Waals surface area (Å²) in [6.07, 6.45) is 16.6. The van der Waals surface area contributed by atoms with Crippen molar-refractivity contribution in [2.45, 2.75) is 32.4 Å². The zero-order chi connectivity index (χ0) is 18.5. The molecular weight excluding hydrogens is 330 g/mol. The Labute approximate surface area is 152 Å². The molecule has 2 N–H and O–H groups in total. The molecule has 0 spiro atoms. The van der Waals surface area contributed by atoms with Crippen molar-refractivity contribution in [2.24, 2.45) is 10.7 Å². The van der Waals surface area contributed by atoms with E-state index in [1.807, 2.05) is 43.4 Å². The maximum atomic E-state index is 13.0. The lowest BCUT2D eigenvalue weighted by Crippen LogP contribution is -2.27. The molecule has 2 aliphatic rings. The fraction of sp³-hybridized carbons (Fsp3) is 0.316. The number of fused-ring (bicyclic) bond motifs is 1. The van der Waals surface area contributed by atoms with Gasteiger partial charge >= 0.3 is 5.69 Å². The quantitative estimate of drug-likeness (QED) is 0.900. The van der Waals surface area contributed by atoms with Gasteiger partial charge < -0.3 is 10.5 Å². The molecular formula is C19H23N5O2. The topological polar surface area (TPSA) is 87.4 Å². The van der Waals surface area contributed by atoms with Crippen molar-refractivity contribution in [1.29, 1.82) is 0 Å². The number of ether oxygens (including phenoxy) is 1. The third-order valence-electron chi connectivity index (χ3n) is 4.26. The fourth-order valence-corrected chi connectivity index (χ4v) is 2.89. The first-order valence-corrected chi connectivity index (χ1v) is 8.51. The first-order chi connectivity index (χ1) is 12.6. The lowest BCUT2D eigenvalue weighted by molar-refractivity contribution is 0.143. The second-order valence-electron chi connectivity index (χ2n) is 6.16.